The van der Waals surface area contributed by atoms with Crippen LogP contribution in [0.5, 0.6) is 11.5 Å². The number of nitrogens with zero attached hydrogens (tertiary/aromatic N) is 2. The van der Waals surface area contributed by atoms with Crippen LogP contribution in [0.4, 0.5) is 0 Å². The van der Waals surface area contributed by atoms with Gasteiger partial charge in [-0.1, -0.05) is 11.6 Å². The van der Waals surface area contributed by atoms with E-state index in [4.69, 9.17) is 21.1 Å². The molecule has 3 rings (SSSR count). The van der Waals surface area contributed by atoms with Crippen molar-refractivity contribution in [1.29, 1.82) is 0 Å². The molecule has 0 atom stereocenters. The van der Waals surface area contributed by atoms with Gasteiger partial charge in [0.25, 0.3) is 5.91 Å². The van der Waals surface area contributed by atoms with Crippen molar-refractivity contribution >= 4 is 23.4 Å². The predicted octanol–water partition coefficient (Wildman–Crippen LogP) is 2.44. The topological polar surface area (TPSA) is 59.1 Å². The third-order valence-corrected chi connectivity index (χ3v) is 4.90. The molecule has 0 radical (unpaired) electrons. The van der Waals surface area contributed by atoms with E-state index in [0.717, 1.165) is 6.42 Å². The molecule has 0 N–H and O–H groups in total. The number of piperidine rings is 1. The van der Waals surface area contributed by atoms with E-state index < -0.39 is 0 Å². The molecular formula is C18H23ClN2O4. The lowest BCUT2D eigenvalue weighted by Crippen LogP contribution is -2.42. The molecule has 136 valence electrons. The molecule has 2 amide bonds. The van der Waals surface area contributed by atoms with Crippen LogP contribution in [0.2, 0.25) is 5.02 Å². The summed E-state index contributed by atoms with van der Waals surface area (Å²) < 4.78 is 11.3. The summed E-state index contributed by atoms with van der Waals surface area (Å²) in [7, 11) is 3.53. The normalized spacial score (nSPS) is 17.8. The highest BCUT2D eigenvalue weighted by Gasteiger charge is 2.29. The third kappa shape index (κ3) is 3.84. The molecule has 6 nitrogen and oxygen atoms in total. The first-order valence-electron chi connectivity index (χ1n) is 8.57. The average Bonchev–Trinajstić information content (AvgIpc) is 2.86. The molecule has 0 saturated carbocycles. The summed E-state index contributed by atoms with van der Waals surface area (Å²) in [5.41, 5.74) is 0.492. The lowest BCUT2D eigenvalue weighted by Gasteiger charge is -2.32. The van der Waals surface area contributed by atoms with E-state index >= 15 is 0 Å². The number of carbonyl (C=O) groups is 2. The largest absolute Gasteiger partial charge is 0.489 e. The van der Waals surface area contributed by atoms with Crippen LogP contribution in [0.25, 0.3) is 0 Å². The quantitative estimate of drug-likeness (QED) is 0.806. The number of hydrogen-bond donors (Lipinski definition) is 0. The van der Waals surface area contributed by atoms with E-state index in [-0.39, 0.29) is 17.7 Å². The molecule has 1 aromatic carbocycles. The summed E-state index contributed by atoms with van der Waals surface area (Å²) in [5.74, 6) is 1.06. The summed E-state index contributed by atoms with van der Waals surface area (Å²) in [4.78, 5) is 28.3. The smallest absolute Gasteiger partial charge is 0.254 e. The van der Waals surface area contributed by atoms with Crippen molar-refractivity contribution < 1.29 is 19.1 Å². The second-order valence-electron chi connectivity index (χ2n) is 6.63. The number of halogens is 1. The van der Waals surface area contributed by atoms with Gasteiger partial charge < -0.3 is 19.3 Å². The maximum Gasteiger partial charge on any atom is 0.254 e. The molecule has 0 spiro atoms. The molecule has 0 aromatic heterocycles. The molecule has 0 unspecified atom stereocenters. The van der Waals surface area contributed by atoms with Gasteiger partial charge in [-0.05, 0) is 25.0 Å². The van der Waals surface area contributed by atoms with Gasteiger partial charge >= 0.3 is 0 Å². The first-order chi connectivity index (χ1) is 12.0. The summed E-state index contributed by atoms with van der Waals surface area (Å²) in [6.45, 7) is 2.22. The van der Waals surface area contributed by atoms with Crippen LogP contribution in [0.3, 0.4) is 0 Å². The Hall–Kier alpha value is -1.95. The summed E-state index contributed by atoms with van der Waals surface area (Å²) in [6, 6.07) is 3.33. The second kappa shape index (κ2) is 7.52. The van der Waals surface area contributed by atoms with Gasteiger partial charge in [-0.15, -0.1) is 0 Å². The van der Waals surface area contributed by atoms with Gasteiger partial charge in [0.1, 0.15) is 0 Å². The highest BCUT2D eigenvalue weighted by Crippen LogP contribution is 2.38. The van der Waals surface area contributed by atoms with Crippen molar-refractivity contribution in [2.75, 3.05) is 40.4 Å². The van der Waals surface area contributed by atoms with Crippen molar-refractivity contribution in [2.24, 2.45) is 5.92 Å². The lowest BCUT2D eigenvalue weighted by molar-refractivity contribution is -0.134. The molecule has 2 heterocycles. The highest BCUT2D eigenvalue weighted by atomic mass is 35.5. The molecule has 0 bridgehead atoms. The average molecular weight is 367 g/mol. The van der Waals surface area contributed by atoms with Crippen LogP contribution in [-0.2, 0) is 4.79 Å². The van der Waals surface area contributed by atoms with E-state index in [9.17, 15) is 9.59 Å². The van der Waals surface area contributed by atoms with Crippen LogP contribution in [-0.4, -0.2) is 62.0 Å². The zero-order chi connectivity index (χ0) is 18.0. The van der Waals surface area contributed by atoms with Gasteiger partial charge in [0.2, 0.25) is 5.91 Å². The first-order valence-corrected chi connectivity index (χ1v) is 8.94. The number of benzene rings is 1. The highest BCUT2D eigenvalue weighted by molar-refractivity contribution is 6.32. The molecule has 2 aliphatic rings. The fourth-order valence-corrected chi connectivity index (χ4v) is 3.50. The Morgan fingerprint density at radius 1 is 1.16 bits per heavy atom. The number of hydrogen-bond acceptors (Lipinski definition) is 4. The van der Waals surface area contributed by atoms with Gasteiger partial charge in [0.05, 0.1) is 18.2 Å². The summed E-state index contributed by atoms with van der Waals surface area (Å²) in [6.07, 6.45) is 2.14. The van der Waals surface area contributed by atoms with Crippen LogP contribution in [0.1, 0.15) is 29.6 Å². The van der Waals surface area contributed by atoms with Gasteiger partial charge in [-0.3, -0.25) is 9.59 Å². The zero-order valence-electron chi connectivity index (χ0n) is 14.6. The number of fused-ring (bicyclic) bond motifs is 1. The maximum absolute atomic E-state index is 12.8. The van der Waals surface area contributed by atoms with Crippen LogP contribution >= 0.6 is 11.6 Å². The van der Waals surface area contributed by atoms with Crippen LogP contribution < -0.4 is 9.47 Å². The third-order valence-electron chi connectivity index (χ3n) is 4.62. The van der Waals surface area contributed by atoms with Crippen LogP contribution in [0, 0.1) is 5.92 Å². The van der Waals surface area contributed by atoms with Gasteiger partial charge in [-0.2, -0.15) is 0 Å². The minimum absolute atomic E-state index is 0.00795. The number of ether oxygens (including phenoxy) is 2. The van der Waals surface area contributed by atoms with E-state index in [1.165, 1.54) is 0 Å². The molecule has 1 fully saturated rings. The Kier molecular flexibility index (Phi) is 5.37. The fraction of sp³-hybridized carbons (Fsp3) is 0.556. The first kappa shape index (κ1) is 17.9. The maximum atomic E-state index is 12.8. The Morgan fingerprint density at radius 3 is 2.52 bits per heavy atom. The Labute approximate surface area is 152 Å². The monoisotopic (exact) mass is 366 g/mol. The minimum Gasteiger partial charge on any atom is -0.489 e. The van der Waals surface area contributed by atoms with E-state index in [2.05, 4.69) is 0 Å². The van der Waals surface area contributed by atoms with E-state index in [1.54, 1.807) is 36.0 Å². The number of likely N-dealkylation sites (tertiary alicyclic amines) is 1. The molecule has 25 heavy (non-hydrogen) atoms. The zero-order valence-corrected chi connectivity index (χ0v) is 15.3. The number of rotatable bonds is 2. The molecule has 2 aliphatic heterocycles. The minimum atomic E-state index is -0.0895. The Balaban J connectivity index is 1.71. The number of carbonyl (C=O) groups excluding carboxylic acids is 2. The molecular weight excluding hydrogens is 344 g/mol. The SMILES string of the molecule is CN(C)C(=O)C1CCN(C(=O)c2cc(Cl)c3c(c2)OCCCO3)CC1. The van der Waals surface area contributed by atoms with Crippen molar-refractivity contribution in [3.63, 3.8) is 0 Å². The molecule has 7 heteroatoms. The van der Waals surface area contributed by atoms with E-state index in [0.29, 0.717) is 61.2 Å². The Morgan fingerprint density at radius 2 is 1.84 bits per heavy atom. The predicted molar refractivity (Wildman–Crippen MR) is 94.4 cm³/mol. The van der Waals surface area contributed by atoms with Gasteiger partial charge in [-0.25, -0.2) is 0 Å². The fourth-order valence-electron chi connectivity index (χ4n) is 3.23. The van der Waals surface area contributed by atoms with Gasteiger partial charge in [0, 0.05) is 45.1 Å². The van der Waals surface area contributed by atoms with Crippen molar-refractivity contribution in [3.05, 3.63) is 22.7 Å². The standard InChI is InChI=1S/C18H23ClN2O4/c1-20(2)17(22)12-4-6-21(7-5-12)18(23)13-10-14(19)16-15(11-13)24-8-3-9-25-16/h10-12H,3-9H2,1-2H3. The number of amides is 2. The van der Waals surface area contributed by atoms with Crippen molar-refractivity contribution in [2.45, 2.75) is 19.3 Å². The summed E-state index contributed by atoms with van der Waals surface area (Å²) in [5, 5.41) is 0.389. The lowest BCUT2D eigenvalue weighted by atomic mass is 9.95. The molecule has 0 aliphatic carbocycles. The Bertz CT molecular complexity index is 669. The molecule has 1 saturated heterocycles. The molecule has 1 aromatic rings. The second-order valence-corrected chi connectivity index (χ2v) is 7.04. The van der Waals surface area contributed by atoms with E-state index in [1.807, 2.05) is 0 Å². The van der Waals surface area contributed by atoms with Crippen molar-refractivity contribution in [1.82, 2.24) is 9.80 Å². The van der Waals surface area contributed by atoms with Gasteiger partial charge in [0.15, 0.2) is 11.5 Å². The van der Waals surface area contributed by atoms with Crippen LogP contribution in [0.15, 0.2) is 12.1 Å². The summed E-state index contributed by atoms with van der Waals surface area (Å²) >= 11 is 6.28. The van der Waals surface area contributed by atoms with Crippen molar-refractivity contribution in [3.8, 4) is 11.5 Å².